The van der Waals surface area contributed by atoms with Crippen LogP contribution in [-0.2, 0) is 10.0 Å². The summed E-state index contributed by atoms with van der Waals surface area (Å²) >= 11 is 0. The van der Waals surface area contributed by atoms with Gasteiger partial charge in [0.1, 0.15) is 6.10 Å². The summed E-state index contributed by atoms with van der Waals surface area (Å²) in [4.78, 5) is 4.50. The van der Waals surface area contributed by atoms with E-state index in [9.17, 15) is 8.42 Å². The Bertz CT molecular complexity index is 791. The third-order valence-corrected chi connectivity index (χ3v) is 6.01. The summed E-state index contributed by atoms with van der Waals surface area (Å²) in [6.45, 7) is 4.60. The van der Waals surface area contributed by atoms with E-state index < -0.39 is 10.0 Å². The second kappa shape index (κ2) is 6.29. The molecule has 1 aliphatic rings. The van der Waals surface area contributed by atoms with Gasteiger partial charge in [-0.3, -0.25) is 0 Å². The number of hydrogen-bond donors (Lipinski definition) is 0. The minimum Gasteiger partial charge on any atom is -0.473 e. The van der Waals surface area contributed by atoms with Gasteiger partial charge in [-0.15, -0.1) is 0 Å². The number of pyridine rings is 1. The van der Waals surface area contributed by atoms with Crippen molar-refractivity contribution in [2.75, 3.05) is 13.1 Å². The first-order valence-corrected chi connectivity index (χ1v) is 9.06. The van der Waals surface area contributed by atoms with Gasteiger partial charge >= 0.3 is 0 Å². The third kappa shape index (κ3) is 3.38. The van der Waals surface area contributed by atoms with Crippen molar-refractivity contribution in [2.45, 2.75) is 31.3 Å². The number of aryl methyl sites for hydroxylation is 2. The van der Waals surface area contributed by atoms with Crippen LogP contribution in [0.2, 0.25) is 0 Å². The molecule has 122 valence electrons. The van der Waals surface area contributed by atoms with Crippen LogP contribution < -0.4 is 4.74 Å². The number of benzene rings is 1. The maximum absolute atomic E-state index is 12.8. The van der Waals surface area contributed by atoms with Crippen LogP contribution in [0.15, 0.2) is 47.5 Å². The highest BCUT2D eigenvalue weighted by atomic mass is 32.2. The minimum absolute atomic E-state index is 0.162. The van der Waals surface area contributed by atoms with Crippen LogP contribution in [0.5, 0.6) is 5.88 Å². The zero-order valence-corrected chi connectivity index (χ0v) is 14.1. The fourth-order valence-corrected chi connectivity index (χ4v) is 4.52. The number of ether oxygens (including phenoxy) is 1. The highest BCUT2D eigenvalue weighted by molar-refractivity contribution is 7.89. The van der Waals surface area contributed by atoms with Crippen molar-refractivity contribution in [2.24, 2.45) is 0 Å². The first-order valence-electron chi connectivity index (χ1n) is 7.62. The molecule has 1 unspecified atom stereocenters. The fraction of sp³-hybridized carbons (Fsp3) is 0.353. The average molecular weight is 332 g/mol. The van der Waals surface area contributed by atoms with Gasteiger partial charge in [0.2, 0.25) is 15.9 Å². The van der Waals surface area contributed by atoms with E-state index in [0.717, 1.165) is 11.1 Å². The standard InChI is InChI=1S/C17H20N2O3S/c1-13-6-7-16(14(2)11-13)23(20,21)19-10-8-15(12-19)22-17-5-3-4-9-18-17/h3-7,9,11,15H,8,10,12H2,1-2H3. The minimum atomic E-state index is -3.48. The molecule has 0 N–H and O–H groups in total. The van der Waals surface area contributed by atoms with Crippen molar-refractivity contribution >= 4 is 10.0 Å². The van der Waals surface area contributed by atoms with Crippen molar-refractivity contribution in [1.29, 1.82) is 0 Å². The van der Waals surface area contributed by atoms with Crippen molar-refractivity contribution in [1.82, 2.24) is 9.29 Å². The first kappa shape index (κ1) is 16.0. The van der Waals surface area contributed by atoms with Crippen LogP contribution in [0.1, 0.15) is 17.5 Å². The molecule has 0 spiro atoms. The maximum Gasteiger partial charge on any atom is 0.243 e. The summed E-state index contributed by atoms with van der Waals surface area (Å²) in [5.74, 6) is 0.531. The molecule has 1 aromatic carbocycles. The lowest BCUT2D eigenvalue weighted by molar-refractivity contribution is 0.207. The van der Waals surface area contributed by atoms with E-state index in [0.29, 0.717) is 30.3 Å². The Morgan fingerprint density at radius 2 is 2.04 bits per heavy atom. The molecule has 0 saturated carbocycles. The maximum atomic E-state index is 12.8. The Labute approximate surface area is 137 Å². The topological polar surface area (TPSA) is 59.5 Å². The SMILES string of the molecule is Cc1ccc(S(=O)(=O)N2CCC(Oc3ccccn3)C2)c(C)c1. The smallest absolute Gasteiger partial charge is 0.243 e. The summed E-state index contributed by atoms with van der Waals surface area (Å²) in [7, 11) is -3.48. The molecule has 1 fully saturated rings. The molecule has 2 aromatic rings. The first-order chi connectivity index (χ1) is 11.0. The number of hydrogen-bond acceptors (Lipinski definition) is 4. The second-order valence-corrected chi connectivity index (χ2v) is 7.73. The van der Waals surface area contributed by atoms with Crippen LogP contribution in [-0.4, -0.2) is 36.9 Å². The molecule has 2 heterocycles. The van der Waals surface area contributed by atoms with Gasteiger partial charge in [0.15, 0.2) is 0 Å². The summed E-state index contributed by atoms with van der Waals surface area (Å²) in [5, 5.41) is 0. The lowest BCUT2D eigenvalue weighted by Crippen LogP contribution is -2.31. The zero-order valence-electron chi connectivity index (χ0n) is 13.3. The largest absolute Gasteiger partial charge is 0.473 e. The number of sulfonamides is 1. The van der Waals surface area contributed by atoms with Gasteiger partial charge in [0, 0.05) is 18.8 Å². The molecule has 1 aromatic heterocycles. The molecule has 0 aliphatic carbocycles. The van der Waals surface area contributed by atoms with Crippen molar-refractivity contribution in [3.63, 3.8) is 0 Å². The van der Waals surface area contributed by atoms with Crippen LogP contribution in [0.4, 0.5) is 0 Å². The highest BCUT2D eigenvalue weighted by Gasteiger charge is 2.34. The molecule has 0 bridgehead atoms. The molecular formula is C17H20N2O3S. The monoisotopic (exact) mass is 332 g/mol. The average Bonchev–Trinajstić information content (AvgIpc) is 2.97. The fourth-order valence-electron chi connectivity index (χ4n) is 2.83. The normalized spacial score (nSPS) is 19.0. The van der Waals surface area contributed by atoms with Gasteiger partial charge in [0.05, 0.1) is 11.4 Å². The van der Waals surface area contributed by atoms with Crippen molar-refractivity contribution in [3.05, 3.63) is 53.7 Å². The van der Waals surface area contributed by atoms with E-state index >= 15 is 0 Å². The van der Waals surface area contributed by atoms with Crippen molar-refractivity contribution < 1.29 is 13.2 Å². The van der Waals surface area contributed by atoms with Gasteiger partial charge in [-0.1, -0.05) is 23.8 Å². The third-order valence-electron chi connectivity index (χ3n) is 3.98. The molecule has 3 rings (SSSR count). The molecule has 6 heteroatoms. The molecular weight excluding hydrogens is 312 g/mol. The van der Waals surface area contributed by atoms with Gasteiger partial charge in [-0.25, -0.2) is 13.4 Å². The van der Waals surface area contributed by atoms with E-state index in [1.807, 2.05) is 38.1 Å². The summed E-state index contributed by atoms with van der Waals surface area (Å²) in [6.07, 6.45) is 2.17. The second-order valence-electron chi connectivity index (χ2n) is 5.83. The van der Waals surface area contributed by atoms with Gasteiger partial charge in [-0.05, 0) is 38.0 Å². The molecule has 0 amide bonds. The summed E-state index contributed by atoms with van der Waals surface area (Å²) < 4.78 is 32.9. The molecule has 1 atom stereocenters. The van der Waals surface area contributed by atoms with E-state index in [4.69, 9.17) is 4.74 Å². The van der Waals surface area contributed by atoms with E-state index in [1.165, 1.54) is 4.31 Å². The van der Waals surface area contributed by atoms with Gasteiger partial charge in [-0.2, -0.15) is 4.31 Å². The number of aromatic nitrogens is 1. The number of nitrogens with zero attached hydrogens (tertiary/aromatic N) is 2. The van der Waals surface area contributed by atoms with E-state index in [1.54, 1.807) is 18.3 Å². The molecule has 0 radical (unpaired) electrons. The van der Waals surface area contributed by atoms with Crippen LogP contribution in [0, 0.1) is 13.8 Å². The Morgan fingerprint density at radius 1 is 1.22 bits per heavy atom. The predicted octanol–water partition coefficient (Wildman–Crippen LogP) is 2.54. The molecule has 5 nitrogen and oxygen atoms in total. The Balaban J connectivity index is 1.75. The van der Waals surface area contributed by atoms with Crippen LogP contribution in [0.3, 0.4) is 0 Å². The Hall–Kier alpha value is -1.92. The molecule has 1 aliphatic heterocycles. The van der Waals surface area contributed by atoms with Gasteiger partial charge in [0.25, 0.3) is 0 Å². The predicted molar refractivity (Wildman–Crippen MR) is 87.9 cm³/mol. The lowest BCUT2D eigenvalue weighted by Gasteiger charge is -2.18. The summed E-state index contributed by atoms with van der Waals surface area (Å²) in [5.41, 5.74) is 1.83. The summed E-state index contributed by atoms with van der Waals surface area (Å²) in [6, 6.07) is 10.9. The van der Waals surface area contributed by atoms with Crippen LogP contribution in [0.25, 0.3) is 0 Å². The van der Waals surface area contributed by atoms with E-state index in [-0.39, 0.29) is 6.10 Å². The van der Waals surface area contributed by atoms with Gasteiger partial charge < -0.3 is 4.74 Å². The molecule has 1 saturated heterocycles. The Kier molecular flexibility index (Phi) is 4.37. The highest BCUT2D eigenvalue weighted by Crippen LogP contribution is 2.25. The van der Waals surface area contributed by atoms with Crippen molar-refractivity contribution in [3.8, 4) is 5.88 Å². The van der Waals surface area contributed by atoms with E-state index in [2.05, 4.69) is 4.98 Å². The quantitative estimate of drug-likeness (QED) is 0.863. The molecule has 23 heavy (non-hydrogen) atoms. The Morgan fingerprint density at radius 3 is 2.74 bits per heavy atom. The van der Waals surface area contributed by atoms with Crippen LogP contribution >= 0.6 is 0 Å². The zero-order chi connectivity index (χ0) is 16.4. The number of rotatable bonds is 4. The lowest BCUT2D eigenvalue weighted by atomic mass is 10.2.